The second-order valence-electron chi connectivity index (χ2n) is 3.97. The largest absolute Gasteiger partial charge is 0.504 e. The van der Waals surface area contributed by atoms with E-state index >= 15 is 0 Å². The molecule has 0 spiro atoms. The highest BCUT2D eigenvalue weighted by Gasteiger charge is 2.03. The molecule has 0 aliphatic heterocycles. The average Bonchev–Trinajstić information content (AvgIpc) is 2.39. The molecule has 1 rings (SSSR count). The van der Waals surface area contributed by atoms with Gasteiger partial charge in [0, 0.05) is 13.7 Å². The number of hydrogen-bond donors (Lipinski definition) is 3. The molecule has 1 amide bonds. The van der Waals surface area contributed by atoms with Crippen molar-refractivity contribution in [3.05, 3.63) is 23.8 Å². The maximum atomic E-state index is 11.4. The molecule has 0 radical (unpaired) electrons. The fourth-order valence-electron chi connectivity index (χ4n) is 1.43. The van der Waals surface area contributed by atoms with Gasteiger partial charge in [0.25, 0.3) is 0 Å². The molecule has 1 aromatic rings. The van der Waals surface area contributed by atoms with Crippen molar-refractivity contribution in [2.75, 3.05) is 33.5 Å². The van der Waals surface area contributed by atoms with Crippen molar-refractivity contribution in [2.24, 2.45) is 0 Å². The zero-order chi connectivity index (χ0) is 14.1. The third kappa shape index (κ3) is 6.08. The molecule has 0 fully saturated rings. The van der Waals surface area contributed by atoms with Crippen LogP contribution in [0.5, 0.6) is 11.5 Å². The van der Waals surface area contributed by atoms with Crippen LogP contribution < -0.4 is 5.32 Å². The lowest BCUT2D eigenvalue weighted by atomic mass is 10.1. The van der Waals surface area contributed by atoms with Crippen LogP contribution in [0.2, 0.25) is 0 Å². The molecule has 0 aromatic heterocycles. The van der Waals surface area contributed by atoms with Crippen LogP contribution in [0.15, 0.2) is 18.2 Å². The number of methoxy groups -OCH3 is 1. The first-order chi connectivity index (χ1) is 9.13. The van der Waals surface area contributed by atoms with E-state index in [1.165, 1.54) is 12.1 Å². The minimum atomic E-state index is -0.195. The number of phenols is 2. The van der Waals surface area contributed by atoms with Gasteiger partial charge in [-0.2, -0.15) is 0 Å². The highest BCUT2D eigenvalue weighted by Crippen LogP contribution is 2.24. The molecule has 19 heavy (non-hydrogen) atoms. The monoisotopic (exact) mass is 269 g/mol. The number of aromatic hydroxyl groups is 2. The average molecular weight is 269 g/mol. The predicted octanol–water partition coefficient (Wildman–Crippen LogP) is 0.420. The Morgan fingerprint density at radius 3 is 2.74 bits per heavy atom. The lowest BCUT2D eigenvalue weighted by Crippen LogP contribution is -2.29. The smallest absolute Gasteiger partial charge is 0.246 e. The SMILES string of the molecule is COCCOCC(=O)NCCc1ccc(O)c(O)c1. The molecular formula is C13H19NO5. The van der Waals surface area contributed by atoms with Crippen LogP contribution >= 0.6 is 0 Å². The minimum absolute atomic E-state index is 0.00415. The van der Waals surface area contributed by atoms with E-state index in [9.17, 15) is 9.90 Å². The Morgan fingerprint density at radius 1 is 1.26 bits per heavy atom. The second-order valence-corrected chi connectivity index (χ2v) is 3.97. The summed E-state index contributed by atoms with van der Waals surface area (Å²) in [4.78, 5) is 11.4. The molecule has 0 aliphatic rings. The fourth-order valence-corrected chi connectivity index (χ4v) is 1.43. The number of phenolic OH excluding ortho intramolecular Hbond substituents is 2. The van der Waals surface area contributed by atoms with Crippen LogP contribution in [0.1, 0.15) is 5.56 Å². The van der Waals surface area contributed by atoms with Crippen molar-refractivity contribution >= 4 is 5.91 Å². The highest BCUT2D eigenvalue weighted by molar-refractivity contribution is 5.77. The fraction of sp³-hybridized carbons (Fsp3) is 0.462. The van der Waals surface area contributed by atoms with Crippen molar-refractivity contribution in [3.63, 3.8) is 0 Å². The van der Waals surface area contributed by atoms with E-state index in [0.29, 0.717) is 26.2 Å². The van der Waals surface area contributed by atoms with E-state index in [1.54, 1.807) is 13.2 Å². The van der Waals surface area contributed by atoms with Crippen LogP contribution in [0.3, 0.4) is 0 Å². The molecule has 0 saturated carbocycles. The van der Waals surface area contributed by atoms with Gasteiger partial charge in [-0.1, -0.05) is 6.07 Å². The maximum Gasteiger partial charge on any atom is 0.246 e. The Balaban J connectivity index is 2.18. The van der Waals surface area contributed by atoms with Crippen LogP contribution in [-0.4, -0.2) is 49.6 Å². The summed E-state index contributed by atoms with van der Waals surface area (Å²) in [6.07, 6.45) is 0.567. The Hall–Kier alpha value is -1.79. The summed E-state index contributed by atoms with van der Waals surface area (Å²) in [5.74, 6) is -0.509. The van der Waals surface area contributed by atoms with Gasteiger partial charge >= 0.3 is 0 Å². The number of ether oxygens (including phenoxy) is 2. The molecule has 6 nitrogen and oxygen atoms in total. The van der Waals surface area contributed by atoms with Gasteiger partial charge in [0.05, 0.1) is 13.2 Å². The van der Waals surface area contributed by atoms with E-state index in [2.05, 4.69) is 5.32 Å². The third-order valence-electron chi connectivity index (χ3n) is 2.44. The molecule has 106 valence electrons. The molecular weight excluding hydrogens is 250 g/mol. The molecule has 0 heterocycles. The van der Waals surface area contributed by atoms with Crippen molar-refractivity contribution in [2.45, 2.75) is 6.42 Å². The number of hydrogen-bond acceptors (Lipinski definition) is 5. The Morgan fingerprint density at radius 2 is 2.05 bits per heavy atom. The number of carbonyl (C=O) groups is 1. The van der Waals surface area contributed by atoms with Crippen LogP contribution in [0, 0.1) is 0 Å². The van der Waals surface area contributed by atoms with Crippen LogP contribution in [0.25, 0.3) is 0 Å². The molecule has 6 heteroatoms. The Kier molecular flexibility index (Phi) is 6.70. The van der Waals surface area contributed by atoms with E-state index in [-0.39, 0.29) is 24.0 Å². The van der Waals surface area contributed by atoms with Gasteiger partial charge in [-0.05, 0) is 24.1 Å². The van der Waals surface area contributed by atoms with Gasteiger partial charge in [-0.15, -0.1) is 0 Å². The Bertz CT molecular complexity index is 408. The minimum Gasteiger partial charge on any atom is -0.504 e. The zero-order valence-corrected chi connectivity index (χ0v) is 10.9. The van der Waals surface area contributed by atoms with Gasteiger partial charge in [-0.25, -0.2) is 0 Å². The third-order valence-corrected chi connectivity index (χ3v) is 2.44. The molecule has 0 aliphatic carbocycles. The summed E-state index contributed by atoms with van der Waals surface area (Å²) in [6.45, 7) is 1.29. The first-order valence-electron chi connectivity index (χ1n) is 5.97. The summed E-state index contributed by atoms with van der Waals surface area (Å²) in [5, 5.41) is 21.2. The van der Waals surface area contributed by atoms with Gasteiger partial charge in [0.15, 0.2) is 11.5 Å². The van der Waals surface area contributed by atoms with Crippen molar-refractivity contribution in [1.82, 2.24) is 5.32 Å². The highest BCUT2D eigenvalue weighted by atomic mass is 16.5. The van der Waals surface area contributed by atoms with Crippen molar-refractivity contribution in [1.29, 1.82) is 0 Å². The summed E-state index contributed by atoms with van der Waals surface area (Å²) >= 11 is 0. The quantitative estimate of drug-likeness (QED) is 0.470. The Labute approximate surface area is 112 Å². The van der Waals surface area contributed by atoms with Gasteiger partial charge in [0.2, 0.25) is 5.91 Å². The topological polar surface area (TPSA) is 88.0 Å². The van der Waals surface area contributed by atoms with E-state index in [0.717, 1.165) is 5.56 Å². The normalized spacial score (nSPS) is 10.4. The standard InChI is InChI=1S/C13H19NO5/c1-18-6-7-19-9-13(17)14-5-4-10-2-3-11(15)12(16)8-10/h2-3,8,15-16H,4-7,9H2,1H3,(H,14,17). The van der Waals surface area contributed by atoms with E-state index < -0.39 is 0 Å². The first kappa shape index (κ1) is 15.3. The molecule has 3 N–H and O–H groups in total. The summed E-state index contributed by atoms with van der Waals surface area (Å²) in [7, 11) is 1.57. The summed E-state index contributed by atoms with van der Waals surface area (Å²) < 4.78 is 9.85. The predicted molar refractivity (Wildman–Crippen MR) is 69.2 cm³/mol. The lowest BCUT2D eigenvalue weighted by molar-refractivity contribution is -0.126. The lowest BCUT2D eigenvalue weighted by Gasteiger charge is -2.07. The molecule has 0 unspecified atom stereocenters. The van der Waals surface area contributed by atoms with Gasteiger partial charge in [0.1, 0.15) is 6.61 Å². The number of rotatable bonds is 8. The van der Waals surface area contributed by atoms with E-state index in [4.69, 9.17) is 14.6 Å². The molecule has 0 saturated heterocycles. The van der Waals surface area contributed by atoms with Gasteiger partial charge < -0.3 is 25.0 Å². The van der Waals surface area contributed by atoms with Crippen LogP contribution in [-0.2, 0) is 20.7 Å². The molecule has 0 atom stereocenters. The molecule has 0 bridgehead atoms. The summed E-state index contributed by atoms with van der Waals surface area (Å²) in [6, 6.07) is 4.58. The molecule has 1 aromatic carbocycles. The number of nitrogens with one attached hydrogen (secondary N) is 1. The van der Waals surface area contributed by atoms with Gasteiger partial charge in [-0.3, -0.25) is 4.79 Å². The first-order valence-corrected chi connectivity index (χ1v) is 5.97. The van der Waals surface area contributed by atoms with Crippen molar-refractivity contribution in [3.8, 4) is 11.5 Å². The number of carbonyl (C=O) groups excluding carboxylic acids is 1. The number of amides is 1. The summed E-state index contributed by atoms with van der Waals surface area (Å²) in [5.41, 5.74) is 0.830. The number of benzene rings is 1. The van der Waals surface area contributed by atoms with E-state index in [1.807, 2.05) is 0 Å². The maximum absolute atomic E-state index is 11.4. The van der Waals surface area contributed by atoms with Crippen LogP contribution in [0.4, 0.5) is 0 Å². The second kappa shape index (κ2) is 8.34. The van der Waals surface area contributed by atoms with Crippen molar-refractivity contribution < 1.29 is 24.5 Å². The zero-order valence-electron chi connectivity index (χ0n) is 10.9.